The Kier molecular flexibility index (Phi) is 3.57. The van der Waals surface area contributed by atoms with Gasteiger partial charge in [0, 0.05) is 24.9 Å². The summed E-state index contributed by atoms with van der Waals surface area (Å²) in [4.78, 5) is 2.02. The molecule has 0 fully saturated rings. The van der Waals surface area contributed by atoms with Crippen molar-refractivity contribution >= 4 is 17.3 Å². The Balaban J connectivity index is 2.23. The number of benzene rings is 1. The van der Waals surface area contributed by atoms with Crippen LogP contribution in [0.3, 0.4) is 0 Å². The molecule has 0 N–H and O–H groups in total. The summed E-state index contributed by atoms with van der Waals surface area (Å²) in [5.41, 5.74) is 1.85. The number of imidazole rings is 1. The van der Waals surface area contributed by atoms with Gasteiger partial charge in [0.1, 0.15) is 11.9 Å². The van der Waals surface area contributed by atoms with Crippen LogP contribution in [0.2, 0.25) is 0 Å². The highest BCUT2D eigenvalue weighted by Crippen LogP contribution is 2.19. The molecule has 19 heavy (non-hydrogen) atoms. The van der Waals surface area contributed by atoms with E-state index in [-0.39, 0.29) is 0 Å². The van der Waals surface area contributed by atoms with Gasteiger partial charge in [-0.1, -0.05) is 5.11 Å². The number of hydrogen-bond donors (Lipinski definition) is 0. The maximum Gasteiger partial charge on any atom is 0.435 e. The lowest BCUT2D eigenvalue weighted by Gasteiger charge is -2.11. The summed E-state index contributed by atoms with van der Waals surface area (Å²) in [7, 11) is 5.78. The van der Waals surface area contributed by atoms with Gasteiger partial charge in [-0.25, -0.2) is 4.57 Å². The van der Waals surface area contributed by atoms with Crippen molar-refractivity contribution in [3.05, 3.63) is 36.7 Å². The van der Waals surface area contributed by atoms with E-state index in [0.29, 0.717) is 5.95 Å². The molecule has 0 saturated heterocycles. The first-order valence-corrected chi connectivity index (χ1v) is 5.78. The molecule has 96 valence electrons. The first-order chi connectivity index (χ1) is 9.11. The van der Waals surface area contributed by atoms with Crippen LogP contribution < -0.4 is 9.47 Å². The first kappa shape index (κ1) is 12.8. The van der Waals surface area contributed by atoms with Gasteiger partial charge in [-0.05, 0) is 24.3 Å². The Morgan fingerprint density at radius 2 is 1.89 bits per heavy atom. The van der Waals surface area contributed by atoms with Crippen LogP contribution in [0, 0.1) is 11.5 Å². The molecule has 6 heteroatoms. The lowest BCUT2D eigenvalue weighted by molar-refractivity contribution is -0.657. The number of anilines is 1. The van der Waals surface area contributed by atoms with Gasteiger partial charge in [-0.15, -0.1) is 4.57 Å². The number of rotatable bonds is 3. The van der Waals surface area contributed by atoms with Crippen molar-refractivity contribution in [2.24, 2.45) is 17.3 Å². The minimum Gasteiger partial charge on any atom is -0.378 e. The van der Waals surface area contributed by atoms with Gasteiger partial charge in [-0.2, -0.15) is 5.26 Å². The number of nitriles is 1. The van der Waals surface area contributed by atoms with E-state index in [1.54, 1.807) is 17.0 Å². The summed E-state index contributed by atoms with van der Waals surface area (Å²) in [6.07, 6.45) is 5.41. The van der Waals surface area contributed by atoms with E-state index in [1.165, 1.54) is 4.57 Å². The minimum atomic E-state index is 0.485. The Morgan fingerprint density at radius 1 is 1.21 bits per heavy atom. The Labute approximate surface area is 111 Å². The fraction of sp³-hybridized carbons (Fsp3) is 0.231. The van der Waals surface area contributed by atoms with E-state index < -0.39 is 0 Å². The van der Waals surface area contributed by atoms with Crippen LogP contribution in [-0.2, 0) is 7.05 Å². The molecule has 0 aliphatic carbocycles. The lowest BCUT2D eigenvalue weighted by Crippen LogP contribution is -2.25. The zero-order valence-electron chi connectivity index (χ0n) is 11.1. The second-order valence-corrected chi connectivity index (χ2v) is 4.29. The molecule has 0 aliphatic heterocycles. The zero-order valence-corrected chi connectivity index (χ0v) is 11.1. The number of azo groups is 1. The van der Waals surface area contributed by atoms with Crippen molar-refractivity contribution in [3.63, 3.8) is 0 Å². The van der Waals surface area contributed by atoms with Crippen molar-refractivity contribution in [2.75, 3.05) is 19.0 Å². The monoisotopic (exact) mass is 255 g/mol. The van der Waals surface area contributed by atoms with Gasteiger partial charge in [0.25, 0.3) is 6.19 Å². The summed E-state index contributed by atoms with van der Waals surface area (Å²) in [6.45, 7) is 0. The summed E-state index contributed by atoms with van der Waals surface area (Å²) in [5.74, 6) is 0.485. The SMILES string of the molecule is CN(C)c1ccc(N=Nc2n(C#N)cc[n+]2C)cc1. The second-order valence-electron chi connectivity index (χ2n) is 4.29. The average molecular weight is 255 g/mol. The number of hydrogen-bond acceptors (Lipinski definition) is 4. The molecule has 2 aromatic rings. The Morgan fingerprint density at radius 3 is 2.47 bits per heavy atom. The van der Waals surface area contributed by atoms with Crippen LogP contribution in [0.25, 0.3) is 0 Å². The third kappa shape index (κ3) is 2.77. The summed E-state index contributed by atoms with van der Waals surface area (Å²) in [5, 5.41) is 17.1. The largest absolute Gasteiger partial charge is 0.435 e. The normalized spacial score (nSPS) is 10.6. The molecule has 0 atom stereocenters. The van der Waals surface area contributed by atoms with Gasteiger partial charge < -0.3 is 4.90 Å². The number of aromatic nitrogens is 2. The molecule has 0 saturated carbocycles. The van der Waals surface area contributed by atoms with Gasteiger partial charge in [0.2, 0.25) is 0 Å². The highest BCUT2D eigenvalue weighted by Gasteiger charge is 2.13. The highest BCUT2D eigenvalue weighted by molar-refractivity contribution is 5.51. The third-order valence-electron chi connectivity index (χ3n) is 2.70. The van der Waals surface area contributed by atoms with E-state index in [0.717, 1.165) is 11.4 Å². The molecule has 1 aromatic carbocycles. The van der Waals surface area contributed by atoms with Crippen LogP contribution in [0.15, 0.2) is 46.9 Å². The van der Waals surface area contributed by atoms with E-state index in [1.807, 2.05) is 56.5 Å². The van der Waals surface area contributed by atoms with E-state index in [4.69, 9.17) is 5.26 Å². The van der Waals surface area contributed by atoms with Crippen molar-refractivity contribution in [1.82, 2.24) is 4.57 Å². The van der Waals surface area contributed by atoms with Crippen molar-refractivity contribution < 1.29 is 4.57 Å². The van der Waals surface area contributed by atoms with E-state index >= 15 is 0 Å². The molecule has 6 nitrogen and oxygen atoms in total. The van der Waals surface area contributed by atoms with Crippen LogP contribution in [0.5, 0.6) is 0 Å². The molecule has 0 bridgehead atoms. The third-order valence-corrected chi connectivity index (χ3v) is 2.70. The summed E-state index contributed by atoms with van der Waals surface area (Å²) in [6, 6.07) is 7.71. The Hall–Kier alpha value is -2.68. The first-order valence-electron chi connectivity index (χ1n) is 5.78. The zero-order chi connectivity index (χ0) is 13.8. The van der Waals surface area contributed by atoms with Gasteiger partial charge in [-0.3, -0.25) is 0 Å². The molecule has 1 heterocycles. The minimum absolute atomic E-state index is 0.485. The Bertz CT molecular complexity index is 630. The molecular formula is C13H15N6+. The van der Waals surface area contributed by atoms with Crippen LogP contribution in [0.4, 0.5) is 17.3 Å². The standard InChI is InChI=1S/C13H15N6/c1-17(2)12-6-4-11(5-7-12)15-16-13-18(3)8-9-19(13)10-14/h4-9H,1-3H3/q+1. The summed E-state index contributed by atoms with van der Waals surface area (Å²) < 4.78 is 3.10. The fourth-order valence-electron chi connectivity index (χ4n) is 1.59. The van der Waals surface area contributed by atoms with Crippen LogP contribution >= 0.6 is 0 Å². The molecule has 2 rings (SSSR count). The van der Waals surface area contributed by atoms with Crippen molar-refractivity contribution in [3.8, 4) is 6.19 Å². The number of aryl methyl sites for hydroxylation is 1. The molecule has 0 aliphatic rings. The highest BCUT2D eigenvalue weighted by atomic mass is 15.3. The maximum absolute atomic E-state index is 8.92. The second kappa shape index (κ2) is 5.31. The van der Waals surface area contributed by atoms with E-state index in [9.17, 15) is 0 Å². The molecule has 0 unspecified atom stereocenters. The van der Waals surface area contributed by atoms with Crippen LogP contribution in [0.1, 0.15) is 0 Å². The molecule has 0 spiro atoms. The lowest BCUT2D eigenvalue weighted by atomic mass is 10.3. The predicted octanol–water partition coefficient (Wildman–Crippen LogP) is 2.12. The summed E-state index contributed by atoms with van der Waals surface area (Å²) >= 11 is 0. The van der Waals surface area contributed by atoms with Crippen LogP contribution in [-0.4, -0.2) is 18.7 Å². The molecule has 1 aromatic heterocycles. The van der Waals surface area contributed by atoms with Crippen molar-refractivity contribution in [2.45, 2.75) is 0 Å². The predicted molar refractivity (Wildman–Crippen MR) is 71.6 cm³/mol. The smallest absolute Gasteiger partial charge is 0.378 e. The quantitative estimate of drug-likeness (QED) is 0.623. The fourth-order valence-corrected chi connectivity index (χ4v) is 1.59. The van der Waals surface area contributed by atoms with Crippen molar-refractivity contribution in [1.29, 1.82) is 5.26 Å². The average Bonchev–Trinajstić information content (AvgIpc) is 2.77. The van der Waals surface area contributed by atoms with Gasteiger partial charge in [0.15, 0.2) is 0 Å². The molecular weight excluding hydrogens is 240 g/mol. The topological polar surface area (TPSA) is 60.6 Å². The van der Waals surface area contributed by atoms with Gasteiger partial charge >= 0.3 is 5.95 Å². The van der Waals surface area contributed by atoms with E-state index in [2.05, 4.69) is 10.2 Å². The maximum atomic E-state index is 8.92. The van der Waals surface area contributed by atoms with Gasteiger partial charge in [0.05, 0.1) is 13.2 Å². The molecule has 0 amide bonds. The number of nitrogens with zero attached hydrogens (tertiary/aromatic N) is 6. The molecule has 0 radical (unpaired) electrons.